The van der Waals surface area contributed by atoms with Crippen LogP contribution in [0.4, 0.5) is 34.1 Å². The summed E-state index contributed by atoms with van der Waals surface area (Å²) in [5.74, 6) is 0. The summed E-state index contributed by atoms with van der Waals surface area (Å²) < 4.78 is 13.0. The van der Waals surface area contributed by atoms with E-state index in [4.69, 9.17) is 20.4 Å². The fraction of sp³-hybridized carbons (Fsp3) is 0. The molecule has 0 aliphatic heterocycles. The Morgan fingerprint density at radius 3 is 1.62 bits per heavy atom. The number of nitrogens with zero attached hydrogens (tertiary/aromatic N) is 2. The highest BCUT2D eigenvalue weighted by molar-refractivity contribution is 6.32. The number of hydrogen-bond acceptors (Lipinski definition) is 4. The smallest absolute Gasteiger partial charge is 0.159 e. The van der Waals surface area contributed by atoms with Crippen molar-refractivity contribution >= 4 is 89.6 Å². The third kappa shape index (κ3) is 4.70. The number of anilines is 6. The van der Waals surface area contributed by atoms with Gasteiger partial charge in [0, 0.05) is 55.4 Å². The predicted octanol–water partition coefficient (Wildman–Crippen LogP) is 13.1. The number of rotatable bonds is 6. The summed E-state index contributed by atoms with van der Waals surface area (Å²) in [7, 11) is 0. The molecule has 9 rings (SSSR count). The van der Waals surface area contributed by atoms with Gasteiger partial charge in [-0.05, 0) is 84.9 Å². The van der Waals surface area contributed by atoms with Crippen LogP contribution in [0.3, 0.4) is 0 Å². The molecule has 0 fully saturated rings. The van der Waals surface area contributed by atoms with Crippen molar-refractivity contribution in [2.45, 2.75) is 0 Å². The van der Waals surface area contributed by atoms with Gasteiger partial charge in [-0.25, -0.2) is 0 Å². The van der Waals surface area contributed by atoms with Gasteiger partial charge in [0.25, 0.3) is 0 Å². The molecule has 2 aromatic heterocycles. The second kappa shape index (κ2) is 11.1. The number of halogens is 1. The lowest BCUT2D eigenvalue weighted by molar-refractivity contribution is 0.667. The third-order valence-corrected chi connectivity index (χ3v) is 8.88. The Balaban J connectivity index is 1.22. The monoisotopic (exact) mass is 626 g/mol. The van der Waals surface area contributed by atoms with Crippen molar-refractivity contribution in [3.63, 3.8) is 0 Å². The molecule has 0 saturated carbocycles. The molecule has 0 aliphatic rings. The zero-order valence-electron chi connectivity index (χ0n) is 25.2. The Bertz CT molecular complexity index is 2500. The molecular formula is C42H27ClN2O2. The molecule has 0 N–H and O–H groups in total. The van der Waals surface area contributed by atoms with Crippen molar-refractivity contribution in [3.05, 3.63) is 169 Å². The van der Waals surface area contributed by atoms with Gasteiger partial charge in [0.2, 0.25) is 0 Å². The zero-order chi connectivity index (χ0) is 31.3. The minimum atomic E-state index is 0.638. The lowest BCUT2D eigenvalue weighted by atomic mass is 10.1. The zero-order valence-corrected chi connectivity index (χ0v) is 25.9. The molecule has 5 heteroatoms. The van der Waals surface area contributed by atoms with E-state index in [-0.39, 0.29) is 0 Å². The average molecular weight is 627 g/mol. The summed E-state index contributed by atoms with van der Waals surface area (Å²) in [6, 6.07) is 55.9. The third-order valence-electron chi connectivity index (χ3n) is 8.66. The van der Waals surface area contributed by atoms with Crippen molar-refractivity contribution in [1.82, 2.24) is 0 Å². The van der Waals surface area contributed by atoms with Crippen LogP contribution in [0.25, 0.3) is 43.9 Å². The lowest BCUT2D eigenvalue weighted by Gasteiger charge is -2.25. The van der Waals surface area contributed by atoms with E-state index < -0.39 is 0 Å². The summed E-state index contributed by atoms with van der Waals surface area (Å²) in [5, 5.41) is 4.73. The highest BCUT2D eigenvalue weighted by Gasteiger charge is 2.22. The minimum Gasteiger partial charge on any atom is -0.456 e. The summed E-state index contributed by atoms with van der Waals surface area (Å²) in [4.78, 5) is 4.45. The number of benzene rings is 7. The van der Waals surface area contributed by atoms with E-state index in [1.807, 2.05) is 60.7 Å². The normalized spacial score (nSPS) is 11.5. The van der Waals surface area contributed by atoms with Crippen LogP contribution in [-0.2, 0) is 0 Å². The van der Waals surface area contributed by atoms with E-state index in [2.05, 4.69) is 113 Å². The maximum Gasteiger partial charge on any atom is 0.159 e. The maximum absolute atomic E-state index is 6.79. The van der Waals surface area contributed by atoms with Gasteiger partial charge >= 0.3 is 0 Å². The van der Waals surface area contributed by atoms with Gasteiger partial charge in [0.05, 0.1) is 11.4 Å². The molecule has 0 bridgehead atoms. The number of para-hydroxylation sites is 4. The molecular weight excluding hydrogens is 600 g/mol. The molecule has 0 saturated heterocycles. The minimum absolute atomic E-state index is 0.638. The van der Waals surface area contributed by atoms with Gasteiger partial charge in [0.1, 0.15) is 16.7 Å². The van der Waals surface area contributed by atoms with Crippen LogP contribution in [0.1, 0.15) is 0 Å². The summed E-state index contributed by atoms with van der Waals surface area (Å²) >= 11 is 6.79. The van der Waals surface area contributed by atoms with E-state index >= 15 is 0 Å². The van der Waals surface area contributed by atoms with Crippen LogP contribution in [-0.4, -0.2) is 0 Å². The van der Waals surface area contributed by atoms with Crippen LogP contribution in [0.5, 0.6) is 0 Å². The maximum atomic E-state index is 6.79. The van der Waals surface area contributed by atoms with Gasteiger partial charge in [-0.2, -0.15) is 0 Å². The van der Waals surface area contributed by atoms with Crippen molar-refractivity contribution in [3.8, 4) is 0 Å². The van der Waals surface area contributed by atoms with E-state index in [0.717, 1.165) is 78.0 Å². The van der Waals surface area contributed by atoms with Crippen molar-refractivity contribution in [2.24, 2.45) is 0 Å². The van der Waals surface area contributed by atoms with Gasteiger partial charge in [0.15, 0.2) is 5.58 Å². The molecule has 4 nitrogen and oxygen atoms in total. The molecule has 0 aliphatic carbocycles. The Labute approximate surface area is 276 Å². The molecule has 224 valence electrons. The summed E-state index contributed by atoms with van der Waals surface area (Å²) in [5.41, 5.74) is 9.22. The van der Waals surface area contributed by atoms with Gasteiger partial charge in [-0.1, -0.05) is 84.4 Å². The molecule has 0 atom stereocenters. The van der Waals surface area contributed by atoms with Crippen LogP contribution >= 0.6 is 11.6 Å². The quantitative estimate of drug-likeness (QED) is 0.184. The van der Waals surface area contributed by atoms with Crippen molar-refractivity contribution in [2.75, 3.05) is 9.80 Å². The van der Waals surface area contributed by atoms with Gasteiger partial charge in [-0.3, -0.25) is 0 Å². The second-order valence-corrected chi connectivity index (χ2v) is 12.0. The highest BCUT2D eigenvalue weighted by atomic mass is 35.5. The Hall–Kier alpha value is -5.97. The lowest BCUT2D eigenvalue weighted by Crippen LogP contribution is -2.10. The summed E-state index contributed by atoms with van der Waals surface area (Å²) in [6.45, 7) is 0. The Kier molecular flexibility index (Phi) is 6.47. The van der Waals surface area contributed by atoms with E-state index in [1.165, 1.54) is 0 Å². The topological polar surface area (TPSA) is 32.8 Å². The second-order valence-electron chi connectivity index (χ2n) is 11.5. The van der Waals surface area contributed by atoms with Crippen LogP contribution in [0, 0.1) is 0 Å². The Morgan fingerprint density at radius 2 is 0.915 bits per heavy atom. The number of hydrogen-bond donors (Lipinski definition) is 0. The molecule has 47 heavy (non-hydrogen) atoms. The standard InChI is InChI=1S/C42H27ClN2O2/c43-28-24-37-34-18-10-11-19-39(34)47-42(37)38(25-28)45(31-16-8-3-9-17-31)33-20-22-35-36-26-32(21-23-40(36)46-41(35)27-33)44(29-12-4-1-5-13-29)30-14-6-2-7-15-30/h1-27H. The summed E-state index contributed by atoms with van der Waals surface area (Å²) in [6.07, 6.45) is 0. The molecule has 0 spiro atoms. The first-order chi connectivity index (χ1) is 23.2. The molecule has 0 amide bonds. The Morgan fingerprint density at radius 1 is 0.362 bits per heavy atom. The molecule has 9 aromatic rings. The van der Waals surface area contributed by atoms with Crippen molar-refractivity contribution < 1.29 is 8.83 Å². The fourth-order valence-corrected chi connectivity index (χ4v) is 6.79. The van der Waals surface area contributed by atoms with Crippen LogP contribution in [0.2, 0.25) is 5.02 Å². The van der Waals surface area contributed by atoms with Crippen molar-refractivity contribution in [1.29, 1.82) is 0 Å². The number of fused-ring (bicyclic) bond motifs is 6. The average Bonchev–Trinajstić information content (AvgIpc) is 3.68. The molecule has 2 heterocycles. The van der Waals surface area contributed by atoms with E-state index in [0.29, 0.717) is 5.02 Å². The molecule has 0 radical (unpaired) electrons. The van der Waals surface area contributed by atoms with Gasteiger partial charge < -0.3 is 18.6 Å². The largest absolute Gasteiger partial charge is 0.456 e. The first-order valence-electron chi connectivity index (χ1n) is 15.5. The van der Waals surface area contributed by atoms with E-state index in [1.54, 1.807) is 0 Å². The first kappa shape index (κ1) is 27.3. The molecule has 0 unspecified atom stereocenters. The molecule has 7 aromatic carbocycles. The van der Waals surface area contributed by atoms with E-state index in [9.17, 15) is 0 Å². The highest BCUT2D eigenvalue weighted by Crippen LogP contribution is 2.45. The SMILES string of the molecule is Clc1cc(N(c2ccccc2)c2ccc3c(c2)oc2ccc(N(c4ccccc4)c4ccccc4)cc23)c2oc3ccccc3c2c1. The van der Waals surface area contributed by atoms with Gasteiger partial charge in [-0.15, -0.1) is 0 Å². The first-order valence-corrected chi connectivity index (χ1v) is 15.9. The van der Waals surface area contributed by atoms with Crippen LogP contribution in [0.15, 0.2) is 173 Å². The van der Waals surface area contributed by atoms with Crippen LogP contribution < -0.4 is 9.80 Å². The number of furan rings is 2. The predicted molar refractivity (Wildman–Crippen MR) is 195 cm³/mol. The fourth-order valence-electron chi connectivity index (χ4n) is 6.58.